The van der Waals surface area contributed by atoms with Gasteiger partial charge in [-0.2, -0.15) is 26.3 Å². The molecule has 0 amide bonds. The van der Waals surface area contributed by atoms with Crippen LogP contribution in [0, 0.1) is 13.8 Å². The van der Waals surface area contributed by atoms with E-state index < -0.39 is 50.3 Å². The number of fused-ring (bicyclic) bond motifs is 4. The Morgan fingerprint density at radius 1 is 0.526 bits per heavy atom. The van der Waals surface area contributed by atoms with Gasteiger partial charge in [0, 0.05) is 21.0 Å². The zero-order chi connectivity index (χ0) is 40.7. The van der Waals surface area contributed by atoms with E-state index in [0.29, 0.717) is 43.2 Å². The second kappa shape index (κ2) is 13.6. The first-order valence-corrected chi connectivity index (χ1v) is 19.6. The molecule has 4 aromatic rings. The van der Waals surface area contributed by atoms with Crippen LogP contribution >= 0.6 is 23.5 Å². The van der Waals surface area contributed by atoms with Crippen LogP contribution in [-0.2, 0) is 22.7 Å². The first-order chi connectivity index (χ1) is 26.9. The molecule has 0 saturated heterocycles. The lowest BCUT2D eigenvalue weighted by Crippen LogP contribution is -2.48. The Balaban J connectivity index is 1.08. The first-order valence-electron chi connectivity index (χ1n) is 18.0. The number of halogens is 6. The van der Waals surface area contributed by atoms with Gasteiger partial charge in [0.25, 0.3) is 0 Å². The summed E-state index contributed by atoms with van der Waals surface area (Å²) < 4.78 is 102. The molecule has 1 fully saturated rings. The van der Waals surface area contributed by atoms with E-state index in [1.54, 1.807) is 111 Å². The van der Waals surface area contributed by atoms with Crippen molar-refractivity contribution in [1.29, 1.82) is 0 Å². The lowest BCUT2D eigenvalue weighted by molar-refractivity contribution is -0.258. The molecule has 2 atom stereocenters. The van der Waals surface area contributed by atoms with Gasteiger partial charge in [-0.05, 0) is 97.5 Å². The van der Waals surface area contributed by atoms with Crippen molar-refractivity contribution in [3.63, 3.8) is 0 Å². The maximum Gasteiger partial charge on any atom is 0.380 e. The van der Waals surface area contributed by atoms with E-state index in [1.807, 2.05) is 13.8 Å². The van der Waals surface area contributed by atoms with Gasteiger partial charge in [-0.25, -0.2) is 9.59 Å². The molecule has 8 rings (SSSR count). The maximum atomic E-state index is 15.9. The number of ether oxygens (including phenoxy) is 2. The zero-order valence-corrected chi connectivity index (χ0v) is 32.7. The molecular formula is C45H34F6O4S2. The summed E-state index contributed by atoms with van der Waals surface area (Å²) >= 11 is 2.33. The summed E-state index contributed by atoms with van der Waals surface area (Å²) in [4.78, 5) is 26.0. The van der Waals surface area contributed by atoms with Crippen LogP contribution in [0.5, 0.6) is 0 Å². The van der Waals surface area contributed by atoms with Crippen LogP contribution in [0.1, 0.15) is 67.9 Å². The lowest BCUT2D eigenvalue weighted by Gasteiger charge is -2.47. The minimum atomic E-state index is -5.67. The van der Waals surface area contributed by atoms with E-state index in [2.05, 4.69) is 0 Å². The highest BCUT2D eigenvalue weighted by Gasteiger charge is 2.84. The molecule has 1 saturated carbocycles. The van der Waals surface area contributed by atoms with Crippen molar-refractivity contribution in [2.24, 2.45) is 0 Å². The maximum absolute atomic E-state index is 15.9. The molecule has 292 valence electrons. The van der Waals surface area contributed by atoms with Gasteiger partial charge in [-0.15, -0.1) is 23.5 Å². The fraction of sp³-hybridized carbons (Fsp3) is 0.244. The molecule has 0 radical (unpaired) electrons. The van der Waals surface area contributed by atoms with Gasteiger partial charge in [0.15, 0.2) is 0 Å². The normalized spacial score (nSPS) is 23.7. The molecule has 2 unspecified atom stereocenters. The van der Waals surface area contributed by atoms with Crippen molar-refractivity contribution in [3.8, 4) is 0 Å². The molecule has 4 aliphatic rings. The predicted octanol–water partition coefficient (Wildman–Crippen LogP) is 11.9. The van der Waals surface area contributed by atoms with Gasteiger partial charge in [-0.1, -0.05) is 83.9 Å². The highest BCUT2D eigenvalue weighted by atomic mass is 32.2. The number of hydrogen-bond donors (Lipinski definition) is 0. The van der Waals surface area contributed by atoms with E-state index >= 15 is 26.3 Å². The number of allylic oxidation sites excluding steroid dienone is 4. The fourth-order valence-electron chi connectivity index (χ4n) is 7.57. The van der Waals surface area contributed by atoms with Crippen molar-refractivity contribution in [1.82, 2.24) is 0 Å². The van der Waals surface area contributed by atoms with Crippen LogP contribution in [0.3, 0.4) is 0 Å². The molecule has 2 heterocycles. The predicted molar refractivity (Wildman–Crippen MR) is 210 cm³/mol. The van der Waals surface area contributed by atoms with Crippen molar-refractivity contribution < 1.29 is 45.4 Å². The Morgan fingerprint density at radius 3 is 1.19 bits per heavy atom. The third kappa shape index (κ3) is 6.09. The SMILES string of the molecule is Cc1ccc(C(=O)OCc2ccc(C3=CC4=C5C(=C6C=C(c7ccc(COC(=O)c8ccc(C)cc8)cc7)SC6(C)C4(C)S3)C(F)(F)C(F)(F)C5(F)F)cc2)cc1. The number of alkyl halides is 6. The van der Waals surface area contributed by atoms with Gasteiger partial charge in [0.2, 0.25) is 0 Å². The van der Waals surface area contributed by atoms with E-state index in [9.17, 15) is 9.59 Å². The summed E-state index contributed by atoms with van der Waals surface area (Å²) in [6.45, 7) is 7.00. The Hall–Kier alpha value is -4.94. The third-order valence-electron chi connectivity index (χ3n) is 11.1. The van der Waals surface area contributed by atoms with Crippen molar-refractivity contribution >= 4 is 45.3 Å². The zero-order valence-electron chi connectivity index (χ0n) is 31.0. The second-order valence-corrected chi connectivity index (χ2v) is 17.8. The standard InChI is InChI=1S/C45H34F6O4S2/c1-25-5-13-31(14-6-25)39(52)54-23-27-9-17-29(18-10-27)35-21-33-37-38(44(48,49)45(50,51)43(37,46)47)34-22-36(57-42(34,4)41(33,3)56-35)30-19-11-28(12-20-30)24-55-40(53)32-15-7-26(2)8-16-32/h5-22H,23-24H2,1-4H3. The summed E-state index contributed by atoms with van der Waals surface area (Å²) in [6.07, 6.45) is 2.68. The molecule has 57 heavy (non-hydrogen) atoms. The Kier molecular flexibility index (Phi) is 9.27. The van der Waals surface area contributed by atoms with Gasteiger partial charge < -0.3 is 9.47 Å². The van der Waals surface area contributed by atoms with Gasteiger partial charge in [0.1, 0.15) is 13.2 Å². The summed E-state index contributed by atoms with van der Waals surface area (Å²) in [7, 11) is 0. The van der Waals surface area contributed by atoms with Gasteiger partial charge in [-0.3, -0.25) is 0 Å². The largest absolute Gasteiger partial charge is 0.457 e. The van der Waals surface area contributed by atoms with Crippen molar-refractivity contribution in [2.45, 2.75) is 68.2 Å². The van der Waals surface area contributed by atoms with Crippen LogP contribution in [0.15, 0.2) is 132 Å². The van der Waals surface area contributed by atoms with E-state index in [0.717, 1.165) is 34.7 Å². The van der Waals surface area contributed by atoms with Crippen LogP contribution < -0.4 is 0 Å². The average Bonchev–Trinajstić information content (AvgIpc) is 3.77. The minimum absolute atomic E-state index is 0.0397. The number of hydrogen-bond acceptors (Lipinski definition) is 6. The summed E-state index contributed by atoms with van der Waals surface area (Å²) in [6, 6.07) is 27.4. The molecule has 4 aromatic carbocycles. The summed E-state index contributed by atoms with van der Waals surface area (Å²) in [5.41, 5.74) is 1.96. The van der Waals surface area contributed by atoms with Crippen LogP contribution in [0.4, 0.5) is 26.3 Å². The highest BCUT2D eigenvalue weighted by Crippen LogP contribution is 2.75. The molecule has 0 N–H and O–H groups in total. The topological polar surface area (TPSA) is 52.6 Å². The molecule has 0 aromatic heterocycles. The highest BCUT2D eigenvalue weighted by molar-refractivity contribution is 8.14. The number of esters is 2. The number of carbonyl (C=O) groups is 2. The molecule has 0 spiro atoms. The summed E-state index contributed by atoms with van der Waals surface area (Å²) in [5.74, 6) is -17.0. The molecule has 2 aliphatic carbocycles. The van der Waals surface area contributed by atoms with Crippen LogP contribution in [0.2, 0.25) is 0 Å². The molecular weight excluding hydrogens is 783 g/mol. The molecule has 2 aliphatic heterocycles. The Labute approximate surface area is 333 Å². The fourth-order valence-corrected chi connectivity index (χ4v) is 10.7. The molecule has 12 heteroatoms. The second-order valence-electron chi connectivity index (χ2n) is 14.9. The Bertz CT molecular complexity index is 2280. The smallest absolute Gasteiger partial charge is 0.380 e. The van der Waals surface area contributed by atoms with Gasteiger partial charge in [0.05, 0.1) is 20.6 Å². The number of thioether (sulfide) groups is 2. The first kappa shape index (κ1) is 38.9. The number of benzene rings is 4. The Morgan fingerprint density at radius 2 is 0.860 bits per heavy atom. The number of rotatable bonds is 8. The van der Waals surface area contributed by atoms with Crippen molar-refractivity contribution in [2.75, 3.05) is 0 Å². The average molecular weight is 817 g/mol. The molecule has 4 nitrogen and oxygen atoms in total. The number of carbonyl (C=O) groups excluding carboxylic acids is 2. The summed E-state index contributed by atoms with van der Waals surface area (Å²) in [5, 5.41) is 0. The van der Waals surface area contributed by atoms with E-state index in [4.69, 9.17) is 9.47 Å². The third-order valence-corrected chi connectivity index (χ3v) is 14.5. The minimum Gasteiger partial charge on any atom is -0.457 e. The molecule has 0 bridgehead atoms. The quantitative estimate of drug-likeness (QED) is 0.130. The van der Waals surface area contributed by atoms with Crippen LogP contribution in [-0.4, -0.2) is 39.2 Å². The number of aryl methyl sites for hydroxylation is 2. The van der Waals surface area contributed by atoms with Gasteiger partial charge >= 0.3 is 29.7 Å². The van der Waals surface area contributed by atoms with Crippen molar-refractivity contribution in [3.05, 3.63) is 176 Å². The van der Waals surface area contributed by atoms with E-state index in [-0.39, 0.29) is 24.4 Å². The lowest BCUT2D eigenvalue weighted by atomic mass is 9.71. The van der Waals surface area contributed by atoms with E-state index in [1.165, 1.54) is 12.2 Å². The van der Waals surface area contributed by atoms with Crippen LogP contribution in [0.25, 0.3) is 9.81 Å². The monoisotopic (exact) mass is 816 g/mol.